The number of para-hydroxylation sites is 2. The lowest BCUT2D eigenvalue weighted by atomic mass is 9.70. The predicted molar refractivity (Wildman–Crippen MR) is 330 cm³/mol. The fourth-order valence-electron chi connectivity index (χ4n) is 16.0. The van der Waals surface area contributed by atoms with Gasteiger partial charge in [0.1, 0.15) is 22.3 Å². The molecule has 80 heavy (non-hydrogen) atoms. The molecule has 0 bridgehead atoms. The summed E-state index contributed by atoms with van der Waals surface area (Å²) in [7, 11) is 0. The molecule has 0 saturated heterocycles. The van der Waals surface area contributed by atoms with Crippen molar-refractivity contribution in [2.45, 2.75) is 43.9 Å². The van der Waals surface area contributed by atoms with Crippen LogP contribution in [0.2, 0.25) is 0 Å². The molecule has 4 aliphatic carbocycles. The summed E-state index contributed by atoms with van der Waals surface area (Å²) < 4.78 is 14.1. The Balaban J connectivity index is 0.931. The molecule has 14 aromatic rings. The molecule has 0 unspecified atom stereocenters. The van der Waals surface area contributed by atoms with E-state index < -0.39 is 5.41 Å². The van der Waals surface area contributed by atoms with Crippen molar-refractivity contribution in [3.05, 3.63) is 281 Å². The largest absolute Gasteiger partial charge is 0.455 e. The second-order valence-corrected chi connectivity index (χ2v) is 23.7. The lowest BCUT2D eigenvalue weighted by molar-refractivity contribution is 0.600. The molecule has 0 saturated carbocycles. The van der Waals surface area contributed by atoms with Crippen LogP contribution in [0.4, 0.5) is 17.1 Å². The van der Waals surface area contributed by atoms with E-state index in [4.69, 9.17) is 8.83 Å². The molecule has 1 spiro atoms. The van der Waals surface area contributed by atoms with Gasteiger partial charge in [-0.05, 0) is 143 Å². The zero-order valence-electron chi connectivity index (χ0n) is 44.8. The highest BCUT2D eigenvalue weighted by Crippen LogP contribution is 2.67. The van der Waals surface area contributed by atoms with Crippen LogP contribution in [0.1, 0.15) is 72.2 Å². The molecule has 0 aliphatic heterocycles. The Hall–Kier alpha value is -9.70. The standard InChI is InChI=1S/C77H51NO2/c1-75(2)57-31-15-12-28-51(57)70-72(75)71-67(69-55-30-14-19-36-65(55)80-74(69)70)52-39-37-46(41-60(52)76(71,3)4)78(63-34-20-24-44-23-8-9-25-48(44)63)47-38-40-53-61(42-47)77(58-32-16-10-26-49(58)50-27-11-17-33-59(50)77)62-43-56(45-21-6-5-7-22-45)73-68(66(53)62)54-29-13-18-35-64(54)79-73/h5-43H,1-4H3. The molecule has 3 heteroatoms. The maximum atomic E-state index is 7.07. The minimum atomic E-state index is -0.653. The van der Waals surface area contributed by atoms with E-state index in [1.165, 1.54) is 105 Å². The summed E-state index contributed by atoms with van der Waals surface area (Å²) in [4.78, 5) is 2.55. The van der Waals surface area contributed by atoms with Crippen molar-refractivity contribution in [1.82, 2.24) is 0 Å². The third-order valence-corrected chi connectivity index (χ3v) is 19.2. The summed E-state index contributed by atoms with van der Waals surface area (Å²) >= 11 is 0. The van der Waals surface area contributed by atoms with Crippen molar-refractivity contribution in [3.8, 4) is 55.6 Å². The third-order valence-electron chi connectivity index (χ3n) is 19.2. The quantitative estimate of drug-likeness (QED) is 0.176. The normalized spacial score (nSPS) is 15.1. The molecule has 2 heterocycles. The average molecular weight is 1020 g/mol. The highest BCUT2D eigenvalue weighted by atomic mass is 16.3. The second-order valence-electron chi connectivity index (χ2n) is 23.7. The maximum Gasteiger partial charge on any atom is 0.144 e. The number of hydrogen-bond acceptors (Lipinski definition) is 3. The van der Waals surface area contributed by atoms with Gasteiger partial charge in [-0.25, -0.2) is 0 Å². The summed E-state index contributed by atoms with van der Waals surface area (Å²) in [5.41, 5.74) is 28.7. The first-order chi connectivity index (χ1) is 39.2. The second kappa shape index (κ2) is 15.3. The van der Waals surface area contributed by atoms with Crippen molar-refractivity contribution in [2.75, 3.05) is 4.90 Å². The fraction of sp³-hybridized carbons (Fsp3) is 0.0909. The van der Waals surface area contributed by atoms with Gasteiger partial charge in [-0.15, -0.1) is 0 Å². The van der Waals surface area contributed by atoms with Crippen LogP contribution in [-0.2, 0) is 16.2 Å². The SMILES string of the molecule is CC1(C)c2ccccc2-c2c1c1c(c3c2oc2ccccc23)-c2ccc(N(c3ccc4c(c3)C3(c5ccccc5-c5ccccc53)c3cc(-c5ccccc5)c5oc6ccccc6c5c3-4)c3cccc4ccccc34)cc2C1(C)C. The molecule has 2 aromatic heterocycles. The van der Waals surface area contributed by atoms with E-state index >= 15 is 0 Å². The first-order valence-corrected chi connectivity index (χ1v) is 28.2. The molecule has 0 amide bonds. The summed E-state index contributed by atoms with van der Waals surface area (Å²) in [5.74, 6) is 0. The van der Waals surface area contributed by atoms with Crippen LogP contribution in [0.3, 0.4) is 0 Å². The summed E-state index contributed by atoms with van der Waals surface area (Å²) in [6.07, 6.45) is 0. The number of hydrogen-bond donors (Lipinski definition) is 0. The van der Waals surface area contributed by atoms with E-state index in [-0.39, 0.29) is 10.8 Å². The molecule has 0 fully saturated rings. The predicted octanol–water partition coefficient (Wildman–Crippen LogP) is 20.7. The molecule has 12 aromatic carbocycles. The third kappa shape index (κ3) is 5.36. The number of nitrogens with zero attached hydrogens (tertiary/aromatic N) is 1. The topological polar surface area (TPSA) is 29.5 Å². The van der Waals surface area contributed by atoms with Gasteiger partial charge >= 0.3 is 0 Å². The van der Waals surface area contributed by atoms with Crippen LogP contribution in [0.5, 0.6) is 0 Å². The zero-order chi connectivity index (χ0) is 53.0. The average Bonchev–Trinajstić information content (AvgIpc) is 4.49. The van der Waals surface area contributed by atoms with Gasteiger partial charge < -0.3 is 13.7 Å². The van der Waals surface area contributed by atoms with Gasteiger partial charge in [-0.3, -0.25) is 0 Å². The Labute approximate surface area is 463 Å². The Morgan fingerprint density at radius 2 is 0.825 bits per heavy atom. The Morgan fingerprint density at radius 1 is 0.325 bits per heavy atom. The summed E-state index contributed by atoms with van der Waals surface area (Å²) in [5, 5.41) is 7.04. The first-order valence-electron chi connectivity index (χ1n) is 28.2. The van der Waals surface area contributed by atoms with Crippen molar-refractivity contribution in [3.63, 3.8) is 0 Å². The van der Waals surface area contributed by atoms with Crippen molar-refractivity contribution in [1.29, 1.82) is 0 Å². The summed E-state index contributed by atoms with van der Waals surface area (Å²) in [6, 6.07) is 88.2. The van der Waals surface area contributed by atoms with Crippen LogP contribution in [0, 0.1) is 0 Å². The number of fused-ring (bicyclic) bond motifs is 27. The Kier molecular flexibility index (Phi) is 8.48. The van der Waals surface area contributed by atoms with Crippen LogP contribution >= 0.6 is 0 Å². The van der Waals surface area contributed by atoms with Crippen molar-refractivity contribution >= 4 is 71.7 Å². The molecule has 0 radical (unpaired) electrons. The van der Waals surface area contributed by atoms with E-state index in [1.54, 1.807) is 0 Å². The van der Waals surface area contributed by atoms with E-state index in [1.807, 2.05) is 0 Å². The Morgan fingerprint density at radius 3 is 1.52 bits per heavy atom. The van der Waals surface area contributed by atoms with E-state index in [0.717, 1.165) is 66.7 Å². The summed E-state index contributed by atoms with van der Waals surface area (Å²) in [6.45, 7) is 9.77. The molecule has 0 atom stereocenters. The van der Waals surface area contributed by atoms with E-state index in [9.17, 15) is 0 Å². The van der Waals surface area contributed by atoms with Gasteiger partial charge in [0.25, 0.3) is 0 Å². The van der Waals surface area contributed by atoms with Crippen LogP contribution in [0.15, 0.2) is 245 Å². The molecular formula is C77H51NO2. The van der Waals surface area contributed by atoms with Gasteiger partial charge in [0, 0.05) is 60.3 Å². The van der Waals surface area contributed by atoms with E-state index in [2.05, 4.69) is 269 Å². The molecule has 18 rings (SSSR count). The van der Waals surface area contributed by atoms with Gasteiger partial charge in [0.15, 0.2) is 0 Å². The number of benzene rings is 12. The van der Waals surface area contributed by atoms with Crippen molar-refractivity contribution < 1.29 is 8.83 Å². The highest BCUT2D eigenvalue weighted by molar-refractivity contribution is 6.22. The molecule has 3 nitrogen and oxygen atoms in total. The lowest BCUT2D eigenvalue weighted by Gasteiger charge is -2.33. The first kappa shape index (κ1) is 44.3. The molecule has 376 valence electrons. The van der Waals surface area contributed by atoms with E-state index in [0.29, 0.717) is 0 Å². The van der Waals surface area contributed by atoms with Crippen molar-refractivity contribution in [2.24, 2.45) is 0 Å². The number of furan rings is 2. The fourth-order valence-corrected chi connectivity index (χ4v) is 16.0. The monoisotopic (exact) mass is 1020 g/mol. The Bertz CT molecular complexity index is 5030. The smallest absolute Gasteiger partial charge is 0.144 e. The maximum absolute atomic E-state index is 7.07. The van der Waals surface area contributed by atoms with Gasteiger partial charge in [0.2, 0.25) is 0 Å². The van der Waals surface area contributed by atoms with Gasteiger partial charge in [0.05, 0.1) is 11.1 Å². The molecule has 0 N–H and O–H groups in total. The van der Waals surface area contributed by atoms with Crippen LogP contribution < -0.4 is 4.90 Å². The minimum absolute atomic E-state index is 0.258. The molecular weight excluding hydrogens is 971 g/mol. The molecule has 4 aliphatic rings. The number of anilines is 3. The van der Waals surface area contributed by atoms with Gasteiger partial charge in [-0.2, -0.15) is 0 Å². The number of rotatable bonds is 4. The zero-order valence-corrected chi connectivity index (χ0v) is 44.8. The van der Waals surface area contributed by atoms with Crippen LogP contribution in [-0.4, -0.2) is 0 Å². The van der Waals surface area contributed by atoms with Crippen LogP contribution in [0.25, 0.3) is 110 Å². The lowest BCUT2D eigenvalue weighted by Crippen LogP contribution is -2.26. The minimum Gasteiger partial charge on any atom is -0.455 e. The van der Waals surface area contributed by atoms with Gasteiger partial charge in [-0.1, -0.05) is 216 Å². The highest BCUT2D eigenvalue weighted by Gasteiger charge is 2.54.